The smallest absolute Gasteiger partial charge is 0.406 e. The lowest BCUT2D eigenvalue weighted by atomic mass is 10.3. The summed E-state index contributed by atoms with van der Waals surface area (Å²) < 4.78 is 68.9. The van der Waals surface area contributed by atoms with E-state index < -0.39 is 22.1 Å². The number of sulfonamides is 1. The number of nitrogens with one attached hydrogen (secondary N) is 2. The van der Waals surface area contributed by atoms with Gasteiger partial charge in [-0.1, -0.05) is 0 Å². The Kier molecular flexibility index (Phi) is 6.22. The Bertz CT molecular complexity index is 1100. The second-order valence-corrected chi connectivity index (χ2v) is 7.72. The molecular weight excluding hydrogens is 425 g/mol. The Morgan fingerprint density at radius 3 is 2.47 bits per heavy atom. The van der Waals surface area contributed by atoms with Gasteiger partial charge in [-0.05, 0) is 31.2 Å². The van der Waals surface area contributed by atoms with Crippen molar-refractivity contribution in [3.63, 3.8) is 0 Å². The van der Waals surface area contributed by atoms with Crippen molar-refractivity contribution in [2.45, 2.75) is 18.2 Å². The second kappa shape index (κ2) is 8.67. The zero-order chi connectivity index (χ0) is 21.8. The number of benzene rings is 1. The highest BCUT2D eigenvalue weighted by Gasteiger charge is 2.31. The molecule has 3 aromatic rings. The first kappa shape index (κ1) is 21.5. The molecule has 0 atom stereocenters. The molecule has 3 rings (SSSR count). The summed E-state index contributed by atoms with van der Waals surface area (Å²) in [5.41, 5.74) is 0. The lowest BCUT2D eigenvalue weighted by Crippen LogP contribution is -2.29. The van der Waals surface area contributed by atoms with E-state index in [4.69, 9.17) is 0 Å². The van der Waals surface area contributed by atoms with E-state index in [1.807, 2.05) is 6.92 Å². The van der Waals surface area contributed by atoms with Crippen molar-refractivity contribution in [3.05, 3.63) is 54.9 Å². The maximum Gasteiger partial charge on any atom is 0.573 e. The van der Waals surface area contributed by atoms with E-state index in [0.29, 0.717) is 11.6 Å². The first-order valence-electron chi connectivity index (χ1n) is 8.56. The van der Waals surface area contributed by atoms with Gasteiger partial charge in [-0.3, -0.25) is 4.57 Å². The largest absolute Gasteiger partial charge is 0.573 e. The Morgan fingerprint density at radius 1 is 1.10 bits per heavy atom. The van der Waals surface area contributed by atoms with Crippen LogP contribution in [0.2, 0.25) is 0 Å². The maximum absolute atomic E-state index is 12.2. The first-order chi connectivity index (χ1) is 14.1. The number of aromatic nitrogens is 4. The van der Waals surface area contributed by atoms with Crippen LogP contribution in [0.15, 0.2) is 53.9 Å². The molecule has 0 aliphatic carbocycles. The molecule has 0 amide bonds. The molecule has 9 nitrogen and oxygen atoms in total. The number of nitrogens with zero attached hydrogens (tertiary/aromatic N) is 4. The highest BCUT2D eigenvalue weighted by Crippen LogP contribution is 2.23. The molecule has 0 spiro atoms. The van der Waals surface area contributed by atoms with Gasteiger partial charge in [0.05, 0.1) is 4.90 Å². The topological polar surface area (TPSA) is 111 Å². The van der Waals surface area contributed by atoms with Gasteiger partial charge in [0.15, 0.2) is 0 Å². The summed E-state index contributed by atoms with van der Waals surface area (Å²) in [6, 6.07) is 5.60. The van der Waals surface area contributed by atoms with E-state index in [2.05, 4.69) is 29.7 Å². The van der Waals surface area contributed by atoms with E-state index in [1.165, 1.54) is 6.33 Å². The third kappa shape index (κ3) is 5.67. The van der Waals surface area contributed by atoms with Gasteiger partial charge in [0, 0.05) is 31.5 Å². The monoisotopic (exact) mass is 442 g/mol. The second-order valence-electron chi connectivity index (χ2n) is 5.95. The third-order valence-corrected chi connectivity index (χ3v) is 5.29. The molecule has 0 aliphatic rings. The van der Waals surface area contributed by atoms with Gasteiger partial charge in [0.2, 0.25) is 10.0 Å². The molecule has 160 valence electrons. The number of ether oxygens (including phenoxy) is 1. The molecule has 0 bridgehead atoms. The zero-order valence-corrected chi connectivity index (χ0v) is 16.4. The Hall–Kier alpha value is -3.19. The van der Waals surface area contributed by atoms with Gasteiger partial charge in [0.25, 0.3) is 0 Å². The molecule has 0 radical (unpaired) electrons. The first-order valence-corrected chi connectivity index (χ1v) is 10.0. The molecule has 2 heterocycles. The van der Waals surface area contributed by atoms with E-state index in [0.717, 1.165) is 30.1 Å². The normalized spacial score (nSPS) is 12.0. The van der Waals surface area contributed by atoms with Gasteiger partial charge >= 0.3 is 6.36 Å². The number of alkyl halides is 3. The molecule has 2 N–H and O–H groups in total. The van der Waals surface area contributed by atoms with E-state index in [9.17, 15) is 21.6 Å². The lowest BCUT2D eigenvalue weighted by molar-refractivity contribution is -0.274. The summed E-state index contributed by atoms with van der Waals surface area (Å²) in [5.74, 6) is 1.33. The Morgan fingerprint density at radius 2 is 1.83 bits per heavy atom. The molecule has 1 aromatic carbocycles. The molecule has 0 unspecified atom stereocenters. The SMILES string of the molecule is Cc1nccn1-c1cc(NCCNS(=O)(=O)c2ccc(OC(F)(F)F)cc2)ncn1. The van der Waals surface area contributed by atoms with Crippen LogP contribution in [0.5, 0.6) is 5.75 Å². The van der Waals surface area contributed by atoms with E-state index in [-0.39, 0.29) is 18.0 Å². The summed E-state index contributed by atoms with van der Waals surface area (Å²) in [6.45, 7) is 2.06. The predicted octanol–water partition coefficient (Wildman–Crippen LogP) is 2.26. The van der Waals surface area contributed by atoms with Gasteiger partial charge in [-0.2, -0.15) is 0 Å². The lowest BCUT2D eigenvalue weighted by Gasteiger charge is -2.11. The van der Waals surface area contributed by atoms with Crippen molar-refractivity contribution in [1.82, 2.24) is 24.2 Å². The summed E-state index contributed by atoms with van der Waals surface area (Å²) in [5, 5.41) is 2.97. The van der Waals surface area contributed by atoms with Crippen LogP contribution in [0.1, 0.15) is 5.82 Å². The van der Waals surface area contributed by atoms with Crippen molar-refractivity contribution in [3.8, 4) is 11.6 Å². The number of hydrogen-bond acceptors (Lipinski definition) is 7. The summed E-state index contributed by atoms with van der Waals surface area (Å²) in [7, 11) is -3.90. The van der Waals surface area contributed by atoms with Crippen LogP contribution in [0.25, 0.3) is 5.82 Å². The number of halogens is 3. The number of hydrogen-bond donors (Lipinski definition) is 2. The van der Waals surface area contributed by atoms with Crippen LogP contribution in [0, 0.1) is 6.92 Å². The van der Waals surface area contributed by atoms with Crippen LogP contribution in [-0.4, -0.2) is 47.4 Å². The summed E-state index contributed by atoms with van der Waals surface area (Å²) in [4.78, 5) is 12.2. The Labute approximate surface area is 170 Å². The molecule has 0 aliphatic heterocycles. The minimum Gasteiger partial charge on any atom is -0.406 e. The molecular formula is C17H17F3N6O3S. The van der Waals surface area contributed by atoms with Crippen LogP contribution >= 0.6 is 0 Å². The summed E-state index contributed by atoms with van der Waals surface area (Å²) >= 11 is 0. The van der Waals surface area contributed by atoms with Crippen molar-refractivity contribution >= 4 is 15.8 Å². The zero-order valence-electron chi connectivity index (χ0n) is 15.6. The van der Waals surface area contributed by atoms with Crippen LogP contribution in [0.3, 0.4) is 0 Å². The third-order valence-electron chi connectivity index (χ3n) is 3.82. The maximum atomic E-state index is 12.2. The van der Waals surface area contributed by atoms with Crippen molar-refractivity contribution in [1.29, 1.82) is 0 Å². The minimum atomic E-state index is -4.85. The Balaban J connectivity index is 1.54. The fraction of sp³-hybridized carbons (Fsp3) is 0.235. The standard InChI is InChI=1S/C17H17F3N6O3S/c1-12-21-8-9-26(12)16-10-15(23-11-24-16)22-6-7-25-30(27,28)14-4-2-13(3-5-14)29-17(18,19)20/h2-5,8-11,25H,6-7H2,1H3,(H,22,23,24). The average molecular weight is 442 g/mol. The van der Waals surface area contributed by atoms with Crippen LogP contribution in [0.4, 0.5) is 19.0 Å². The highest BCUT2D eigenvalue weighted by molar-refractivity contribution is 7.89. The van der Waals surface area contributed by atoms with E-state index >= 15 is 0 Å². The fourth-order valence-electron chi connectivity index (χ4n) is 2.48. The van der Waals surface area contributed by atoms with Crippen molar-refractivity contribution in [2.75, 3.05) is 18.4 Å². The van der Waals surface area contributed by atoms with E-state index in [1.54, 1.807) is 23.0 Å². The molecule has 0 saturated carbocycles. The molecule has 0 fully saturated rings. The number of anilines is 1. The fourth-order valence-corrected chi connectivity index (χ4v) is 3.51. The number of aryl methyl sites for hydroxylation is 1. The molecule has 2 aromatic heterocycles. The van der Waals surface area contributed by atoms with Crippen LogP contribution < -0.4 is 14.8 Å². The average Bonchev–Trinajstić information content (AvgIpc) is 3.11. The quantitative estimate of drug-likeness (QED) is 0.515. The predicted molar refractivity (Wildman–Crippen MR) is 101 cm³/mol. The van der Waals surface area contributed by atoms with Gasteiger partial charge in [-0.15, -0.1) is 13.2 Å². The van der Waals surface area contributed by atoms with Gasteiger partial charge in [0.1, 0.15) is 29.5 Å². The number of rotatable bonds is 8. The number of imidazole rings is 1. The van der Waals surface area contributed by atoms with Gasteiger partial charge < -0.3 is 10.1 Å². The molecule has 0 saturated heterocycles. The molecule has 13 heteroatoms. The highest BCUT2D eigenvalue weighted by atomic mass is 32.2. The van der Waals surface area contributed by atoms with Gasteiger partial charge in [-0.25, -0.2) is 28.1 Å². The van der Waals surface area contributed by atoms with Crippen molar-refractivity contribution in [2.24, 2.45) is 0 Å². The molecule has 30 heavy (non-hydrogen) atoms. The minimum absolute atomic E-state index is 0.0204. The van der Waals surface area contributed by atoms with Crippen molar-refractivity contribution < 1.29 is 26.3 Å². The summed E-state index contributed by atoms with van der Waals surface area (Å²) in [6.07, 6.45) is -0.0880. The van der Waals surface area contributed by atoms with Crippen LogP contribution in [-0.2, 0) is 10.0 Å².